The number of amides is 1. The fraction of sp³-hybridized carbons (Fsp3) is 0.300. The SMILES string of the molecule is COc1ccc(CC(=O)NCCCc2nc3ccccc3n2C)cc1. The first-order chi connectivity index (χ1) is 12.2. The Labute approximate surface area is 147 Å². The first-order valence-electron chi connectivity index (χ1n) is 8.47. The van der Waals surface area contributed by atoms with Crippen molar-refractivity contribution in [1.82, 2.24) is 14.9 Å². The predicted molar refractivity (Wildman–Crippen MR) is 98.7 cm³/mol. The largest absolute Gasteiger partial charge is 0.497 e. The fourth-order valence-electron chi connectivity index (χ4n) is 2.88. The van der Waals surface area contributed by atoms with Crippen LogP contribution in [0.25, 0.3) is 11.0 Å². The van der Waals surface area contributed by atoms with Crippen molar-refractivity contribution in [2.24, 2.45) is 7.05 Å². The van der Waals surface area contributed by atoms with Gasteiger partial charge in [0.25, 0.3) is 0 Å². The summed E-state index contributed by atoms with van der Waals surface area (Å²) in [6, 6.07) is 15.7. The Morgan fingerprint density at radius 2 is 1.92 bits per heavy atom. The molecule has 0 saturated heterocycles. The molecule has 5 nitrogen and oxygen atoms in total. The van der Waals surface area contributed by atoms with Crippen LogP contribution in [0.15, 0.2) is 48.5 Å². The highest BCUT2D eigenvalue weighted by atomic mass is 16.5. The summed E-state index contributed by atoms with van der Waals surface area (Å²) >= 11 is 0. The summed E-state index contributed by atoms with van der Waals surface area (Å²) in [7, 11) is 3.67. The molecule has 1 amide bonds. The summed E-state index contributed by atoms with van der Waals surface area (Å²) in [5, 5.41) is 2.98. The number of hydrogen-bond acceptors (Lipinski definition) is 3. The minimum Gasteiger partial charge on any atom is -0.497 e. The lowest BCUT2D eigenvalue weighted by Gasteiger charge is -2.06. The van der Waals surface area contributed by atoms with Crippen molar-refractivity contribution >= 4 is 16.9 Å². The van der Waals surface area contributed by atoms with Crippen molar-refractivity contribution in [3.63, 3.8) is 0 Å². The van der Waals surface area contributed by atoms with Crippen LogP contribution in [0.3, 0.4) is 0 Å². The Kier molecular flexibility index (Phi) is 5.33. The topological polar surface area (TPSA) is 56.1 Å². The second-order valence-electron chi connectivity index (χ2n) is 6.05. The molecule has 0 saturated carbocycles. The Morgan fingerprint density at radius 3 is 2.64 bits per heavy atom. The summed E-state index contributed by atoms with van der Waals surface area (Å²) < 4.78 is 7.24. The molecular formula is C20H23N3O2. The van der Waals surface area contributed by atoms with E-state index >= 15 is 0 Å². The van der Waals surface area contributed by atoms with E-state index in [0.717, 1.165) is 41.0 Å². The normalized spacial score (nSPS) is 10.8. The number of nitrogens with zero attached hydrogens (tertiary/aromatic N) is 2. The number of nitrogens with one attached hydrogen (secondary N) is 1. The number of rotatable bonds is 7. The lowest BCUT2D eigenvalue weighted by molar-refractivity contribution is -0.120. The van der Waals surface area contributed by atoms with Crippen molar-refractivity contribution in [1.29, 1.82) is 0 Å². The molecule has 1 N–H and O–H groups in total. The lowest BCUT2D eigenvalue weighted by atomic mass is 10.1. The zero-order valence-electron chi connectivity index (χ0n) is 14.7. The minimum atomic E-state index is 0.0372. The average molecular weight is 337 g/mol. The molecule has 0 bridgehead atoms. The molecule has 0 spiro atoms. The van der Waals surface area contributed by atoms with Gasteiger partial charge in [-0.2, -0.15) is 0 Å². The second-order valence-corrected chi connectivity index (χ2v) is 6.05. The third-order valence-corrected chi connectivity index (χ3v) is 4.30. The van der Waals surface area contributed by atoms with E-state index in [1.54, 1.807) is 7.11 Å². The van der Waals surface area contributed by atoms with Crippen LogP contribution in [0.2, 0.25) is 0 Å². The van der Waals surface area contributed by atoms with Crippen LogP contribution in [0, 0.1) is 0 Å². The van der Waals surface area contributed by atoms with Crippen LogP contribution >= 0.6 is 0 Å². The molecule has 2 aromatic carbocycles. The van der Waals surface area contributed by atoms with Gasteiger partial charge in [-0.1, -0.05) is 24.3 Å². The molecule has 0 aliphatic rings. The summed E-state index contributed by atoms with van der Waals surface area (Å²) in [4.78, 5) is 16.7. The van der Waals surface area contributed by atoms with Gasteiger partial charge < -0.3 is 14.6 Å². The number of ether oxygens (including phenoxy) is 1. The van der Waals surface area contributed by atoms with Crippen molar-refractivity contribution in [2.75, 3.05) is 13.7 Å². The van der Waals surface area contributed by atoms with Gasteiger partial charge in [0, 0.05) is 20.0 Å². The van der Waals surface area contributed by atoms with Crippen LogP contribution < -0.4 is 10.1 Å². The molecule has 0 aliphatic heterocycles. The zero-order valence-corrected chi connectivity index (χ0v) is 14.7. The van der Waals surface area contributed by atoms with Gasteiger partial charge >= 0.3 is 0 Å². The van der Waals surface area contributed by atoms with E-state index in [0.29, 0.717) is 13.0 Å². The standard InChI is InChI=1S/C20H23N3O2/c1-23-18-7-4-3-6-17(18)22-19(23)8-5-13-21-20(24)14-15-9-11-16(25-2)12-10-15/h3-4,6-7,9-12H,5,8,13-14H2,1-2H3,(H,21,24). The van der Waals surface area contributed by atoms with Crippen LogP contribution in [0.5, 0.6) is 5.75 Å². The maximum atomic E-state index is 12.0. The molecule has 0 atom stereocenters. The van der Waals surface area contributed by atoms with Crippen molar-refractivity contribution in [2.45, 2.75) is 19.3 Å². The van der Waals surface area contributed by atoms with E-state index in [4.69, 9.17) is 4.74 Å². The lowest BCUT2D eigenvalue weighted by Crippen LogP contribution is -2.26. The zero-order chi connectivity index (χ0) is 17.6. The van der Waals surface area contributed by atoms with E-state index in [2.05, 4.69) is 20.9 Å². The van der Waals surface area contributed by atoms with Crippen LogP contribution in [-0.2, 0) is 24.7 Å². The van der Waals surface area contributed by atoms with Crippen molar-refractivity contribution < 1.29 is 9.53 Å². The molecule has 0 fully saturated rings. The first kappa shape index (κ1) is 17.0. The highest BCUT2D eigenvalue weighted by Crippen LogP contribution is 2.15. The molecule has 0 radical (unpaired) electrons. The number of methoxy groups -OCH3 is 1. The second kappa shape index (κ2) is 7.83. The number of imidazole rings is 1. The maximum Gasteiger partial charge on any atom is 0.224 e. The van der Waals surface area contributed by atoms with Crippen LogP contribution in [0.1, 0.15) is 17.8 Å². The number of hydrogen-bond donors (Lipinski definition) is 1. The van der Waals surface area contributed by atoms with Gasteiger partial charge in [-0.05, 0) is 36.2 Å². The highest BCUT2D eigenvalue weighted by Gasteiger charge is 2.07. The van der Waals surface area contributed by atoms with Gasteiger partial charge in [-0.15, -0.1) is 0 Å². The Balaban J connectivity index is 1.45. The number of aryl methyl sites for hydroxylation is 2. The van der Waals surface area contributed by atoms with Gasteiger partial charge in [-0.25, -0.2) is 4.98 Å². The van der Waals surface area contributed by atoms with Crippen LogP contribution in [0.4, 0.5) is 0 Å². The molecule has 0 unspecified atom stereocenters. The molecule has 3 aromatic rings. The maximum absolute atomic E-state index is 12.0. The molecule has 0 aliphatic carbocycles. The smallest absolute Gasteiger partial charge is 0.224 e. The Morgan fingerprint density at radius 1 is 1.16 bits per heavy atom. The van der Waals surface area contributed by atoms with Crippen LogP contribution in [-0.4, -0.2) is 29.1 Å². The minimum absolute atomic E-state index is 0.0372. The number of fused-ring (bicyclic) bond motifs is 1. The summed E-state index contributed by atoms with van der Waals surface area (Å²) in [6.45, 7) is 0.651. The van der Waals surface area contributed by atoms with E-state index in [1.807, 2.05) is 49.5 Å². The molecule has 3 rings (SSSR count). The van der Waals surface area contributed by atoms with E-state index in [1.165, 1.54) is 0 Å². The average Bonchev–Trinajstić information content (AvgIpc) is 2.96. The number of aromatic nitrogens is 2. The number of benzene rings is 2. The predicted octanol–water partition coefficient (Wildman–Crippen LogP) is 2.87. The van der Waals surface area contributed by atoms with Gasteiger partial charge in [0.15, 0.2) is 0 Å². The molecule has 25 heavy (non-hydrogen) atoms. The molecular weight excluding hydrogens is 314 g/mol. The van der Waals surface area contributed by atoms with Gasteiger partial charge in [0.1, 0.15) is 11.6 Å². The molecule has 130 valence electrons. The third-order valence-electron chi connectivity index (χ3n) is 4.30. The summed E-state index contributed by atoms with van der Waals surface area (Å²) in [5.74, 6) is 1.88. The third kappa shape index (κ3) is 4.18. The summed E-state index contributed by atoms with van der Waals surface area (Å²) in [5.41, 5.74) is 3.14. The van der Waals surface area contributed by atoms with Gasteiger partial charge in [0.05, 0.1) is 24.6 Å². The van der Waals surface area contributed by atoms with E-state index < -0.39 is 0 Å². The summed E-state index contributed by atoms with van der Waals surface area (Å²) in [6.07, 6.45) is 2.09. The van der Waals surface area contributed by atoms with Crippen molar-refractivity contribution in [3.8, 4) is 5.75 Å². The Hall–Kier alpha value is -2.82. The van der Waals surface area contributed by atoms with Gasteiger partial charge in [0.2, 0.25) is 5.91 Å². The number of carbonyl (C=O) groups excluding carboxylic acids is 1. The quantitative estimate of drug-likeness (QED) is 0.675. The molecule has 5 heteroatoms. The highest BCUT2D eigenvalue weighted by molar-refractivity contribution is 5.78. The first-order valence-corrected chi connectivity index (χ1v) is 8.47. The number of para-hydroxylation sites is 2. The molecule has 1 heterocycles. The van der Waals surface area contributed by atoms with Gasteiger partial charge in [-0.3, -0.25) is 4.79 Å². The fourth-order valence-corrected chi connectivity index (χ4v) is 2.88. The van der Waals surface area contributed by atoms with E-state index in [9.17, 15) is 4.79 Å². The van der Waals surface area contributed by atoms with E-state index in [-0.39, 0.29) is 5.91 Å². The van der Waals surface area contributed by atoms with Crippen molar-refractivity contribution in [3.05, 3.63) is 59.9 Å². The monoisotopic (exact) mass is 337 g/mol. The Bertz CT molecular complexity index is 853. The molecule has 1 aromatic heterocycles. The number of carbonyl (C=O) groups is 1.